The number of hydrogen-bond donors (Lipinski definition) is 2. The number of anilines is 1. The van der Waals surface area contributed by atoms with Crippen LogP contribution in [0.15, 0.2) is 29.3 Å². The average molecular weight is 346 g/mol. The standard InChI is InChI=1S/C19H26N2O4/c1-12-14-5-4-6-18(22)19(14,2)10-9-15(12)20-16-8-7-13(21(23)24)11-17(16)25-3/h7-8,11,15,18,20,22H,4-6,9-10H2,1-3H3/t15?,18-,19-/m0/s1. The highest BCUT2D eigenvalue weighted by molar-refractivity contribution is 5.62. The van der Waals surface area contributed by atoms with E-state index in [4.69, 9.17) is 4.74 Å². The predicted octanol–water partition coefficient (Wildman–Crippen LogP) is 4.05. The molecule has 2 N–H and O–H groups in total. The molecule has 6 nitrogen and oxygen atoms in total. The lowest BCUT2D eigenvalue weighted by Crippen LogP contribution is -2.43. The minimum absolute atomic E-state index is 0.0177. The molecule has 2 aliphatic rings. The van der Waals surface area contributed by atoms with Gasteiger partial charge in [-0.1, -0.05) is 18.1 Å². The summed E-state index contributed by atoms with van der Waals surface area (Å²) in [5, 5.41) is 24.9. The van der Waals surface area contributed by atoms with Crippen LogP contribution in [0.5, 0.6) is 5.75 Å². The van der Waals surface area contributed by atoms with E-state index < -0.39 is 4.92 Å². The molecule has 136 valence electrons. The SMILES string of the molecule is COc1cc([N+](=O)[O-])ccc1NC1CC[C@@]2(C)C(=C1C)CCC[C@@H]2O. The average Bonchev–Trinajstić information content (AvgIpc) is 2.59. The van der Waals surface area contributed by atoms with Gasteiger partial charge in [0.25, 0.3) is 5.69 Å². The lowest BCUT2D eigenvalue weighted by molar-refractivity contribution is -0.384. The normalized spacial score (nSPS) is 29.1. The van der Waals surface area contributed by atoms with E-state index in [9.17, 15) is 15.2 Å². The zero-order valence-electron chi connectivity index (χ0n) is 15.0. The van der Waals surface area contributed by atoms with Gasteiger partial charge in [-0.3, -0.25) is 10.1 Å². The van der Waals surface area contributed by atoms with Crippen LogP contribution >= 0.6 is 0 Å². The van der Waals surface area contributed by atoms with Crippen molar-refractivity contribution in [3.8, 4) is 5.75 Å². The summed E-state index contributed by atoms with van der Waals surface area (Å²) in [6, 6.07) is 4.80. The van der Waals surface area contributed by atoms with Crippen LogP contribution in [0.3, 0.4) is 0 Å². The fourth-order valence-electron chi connectivity index (χ4n) is 4.39. The summed E-state index contributed by atoms with van der Waals surface area (Å²) in [5.41, 5.74) is 3.32. The van der Waals surface area contributed by atoms with Crippen molar-refractivity contribution in [3.63, 3.8) is 0 Å². The molecule has 3 rings (SSSR count). The molecule has 0 aliphatic heterocycles. The van der Waals surface area contributed by atoms with Gasteiger partial charge in [0.1, 0.15) is 5.75 Å². The molecule has 6 heteroatoms. The molecule has 0 amide bonds. The zero-order chi connectivity index (χ0) is 18.2. The van der Waals surface area contributed by atoms with E-state index in [1.165, 1.54) is 30.4 Å². The molecule has 1 aromatic carbocycles. The van der Waals surface area contributed by atoms with Gasteiger partial charge in [0, 0.05) is 17.5 Å². The van der Waals surface area contributed by atoms with Crippen LogP contribution in [0.4, 0.5) is 11.4 Å². The lowest BCUT2D eigenvalue weighted by Gasteiger charge is -2.47. The molecule has 0 saturated heterocycles. The van der Waals surface area contributed by atoms with Crippen molar-refractivity contribution >= 4 is 11.4 Å². The first-order chi connectivity index (χ1) is 11.9. The number of benzene rings is 1. The predicted molar refractivity (Wildman–Crippen MR) is 97.0 cm³/mol. The van der Waals surface area contributed by atoms with Crippen LogP contribution in [-0.4, -0.2) is 29.3 Å². The van der Waals surface area contributed by atoms with Crippen LogP contribution in [-0.2, 0) is 0 Å². The van der Waals surface area contributed by atoms with Crippen molar-refractivity contribution in [2.24, 2.45) is 5.41 Å². The quantitative estimate of drug-likeness (QED) is 0.488. The number of ether oxygens (including phenoxy) is 1. The third kappa shape index (κ3) is 3.11. The van der Waals surface area contributed by atoms with Crippen molar-refractivity contribution in [2.45, 2.75) is 58.1 Å². The topological polar surface area (TPSA) is 84.6 Å². The van der Waals surface area contributed by atoms with Gasteiger partial charge in [0.05, 0.1) is 29.9 Å². The van der Waals surface area contributed by atoms with Gasteiger partial charge >= 0.3 is 0 Å². The van der Waals surface area contributed by atoms with Crippen LogP contribution in [0.25, 0.3) is 0 Å². The van der Waals surface area contributed by atoms with Gasteiger partial charge in [-0.2, -0.15) is 0 Å². The van der Waals surface area contributed by atoms with Crippen LogP contribution in [0.1, 0.15) is 46.0 Å². The lowest BCUT2D eigenvalue weighted by atomic mass is 9.61. The number of rotatable bonds is 4. The van der Waals surface area contributed by atoms with Crippen LogP contribution in [0.2, 0.25) is 0 Å². The maximum absolute atomic E-state index is 10.9. The first-order valence-corrected chi connectivity index (χ1v) is 8.84. The second kappa shape index (κ2) is 6.67. The fourth-order valence-corrected chi connectivity index (χ4v) is 4.39. The van der Waals surface area contributed by atoms with E-state index in [0.29, 0.717) is 5.75 Å². The smallest absolute Gasteiger partial charge is 0.273 e. The number of nitro benzene ring substituents is 1. The van der Waals surface area contributed by atoms with Crippen molar-refractivity contribution in [2.75, 3.05) is 12.4 Å². The van der Waals surface area contributed by atoms with Crippen molar-refractivity contribution in [1.29, 1.82) is 0 Å². The number of hydrogen-bond acceptors (Lipinski definition) is 5. The number of non-ortho nitro benzene ring substituents is 1. The third-order valence-electron chi connectivity index (χ3n) is 6.01. The van der Waals surface area contributed by atoms with Crippen LogP contribution in [0, 0.1) is 15.5 Å². The van der Waals surface area contributed by atoms with Crippen molar-refractivity contribution in [3.05, 3.63) is 39.5 Å². The maximum Gasteiger partial charge on any atom is 0.273 e. The number of methoxy groups -OCH3 is 1. The molecule has 1 unspecified atom stereocenters. The Morgan fingerprint density at radius 2 is 2.16 bits per heavy atom. The summed E-state index contributed by atoms with van der Waals surface area (Å²) in [7, 11) is 1.52. The summed E-state index contributed by atoms with van der Waals surface area (Å²) in [6.07, 6.45) is 4.53. The monoisotopic (exact) mass is 346 g/mol. The molecule has 25 heavy (non-hydrogen) atoms. The Bertz CT molecular complexity index is 715. The minimum Gasteiger partial charge on any atom is -0.494 e. The second-order valence-corrected chi connectivity index (χ2v) is 7.36. The maximum atomic E-state index is 10.9. The number of nitrogens with zero attached hydrogens (tertiary/aromatic N) is 1. The molecule has 3 atom stereocenters. The molecule has 0 bridgehead atoms. The number of nitro groups is 1. The highest BCUT2D eigenvalue weighted by Crippen LogP contribution is 2.50. The van der Waals surface area contributed by atoms with E-state index in [1.807, 2.05) is 0 Å². The van der Waals surface area contributed by atoms with Crippen LogP contribution < -0.4 is 10.1 Å². The Labute approximate surface area is 148 Å². The van der Waals surface area contributed by atoms with E-state index in [-0.39, 0.29) is 23.2 Å². The van der Waals surface area contributed by atoms with E-state index in [2.05, 4.69) is 19.2 Å². The number of aliphatic hydroxyl groups excluding tert-OH is 1. The summed E-state index contributed by atoms with van der Waals surface area (Å²) < 4.78 is 5.33. The third-order valence-corrected chi connectivity index (χ3v) is 6.01. The Hall–Kier alpha value is -2.08. The number of fused-ring (bicyclic) bond motifs is 1. The first kappa shape index (κ1) is 17.7. The summed E-state index contributed by atoms with van der Waals surface area (Å²) in [5.74, 6) is 0.476. The molecule has 1 aromatic rings. The first-order valence-electron chi connectivity index (χ1n) is 8.84. The zero-order valence-corrected chi connectivity index (χ0v) is 15.0. The van der Waals surface area contributed by atoms with Gasteiger partial charge in [-0.15, -0.1) is 0 Å². The second-order valence-electron chi connectivity index (χ2n) is 7.36. The number of nitrogens with one attached hydrogen (secondary N) is 1. The Balaban J connectivity index is 1.88. The Morgan fingerprint density at radius 3 is 2.84 bits per heavy atom. The molecule has 1 saturated carbocycles. The Kier molecular flexibility index (Phi) is 4.73. The molecule has 2 aliphatic carbocycles. The molecule has 0 spiro atoms. The minimum atomic E-state index is -0.422. The molecular formula is C19H26N2O4. The van der Waals surface area contributed by atoms with E-state index >= 15 is 0 Å². The van der Waals surface area contributed by atoms with Crippen molar-refractivity contribution in [1.82, 2.24) is 0 Å². The van der Waals surface area contributed by atoms with Gasteiger partial charge in [0.15, 0.2) is 0 Å². The molecule has 0 radical (unpaired) electrons. The summed E-state index contributed by atoms with van der Waals surface area (Å²) in [4.78, 5) is 10.5. The van der Waals surface area contributed by atoms with Crippen molar-refractivity contribution < 1.29 is 14.8 Å². The highest BCUT2D eigenvalue weighted by Gasteiger charge is 2.43. The van der Waals surface area contributed by atoms with Gasteiger partial charge in [0.2, 0.25) is 0 Å². The molecular weight excluding hydrogens is 320 g/mol. The summed E-state index contributed by atoms with van der Waals surface area (Å²) >= 11 is 0. The Morgan fingerprint density at radius 1 is 1.40 bits per heavy atom. The summed E-state index contributed by atoms with van der Waals surface area (Å²) in [6.45, 7) is 4.32. The molecule has 1 fully saturated rings. The van der Waals surface area contributed by atoms with Gasteiger partial charge in [-0.05, 0) is 45.1 Å². The molecule has 0 heterocycles. The number of aliphatic hydroxyl groups is 1. The highest BCUT2D eigenvalue weighted by atomic mass is 16.6. The van der Waals surface area contributed by atoms with E-state index in [0.717, 1.165) is 37.8 Å². The van der Waals surface area contributed by atoms with Gasteiger partial charge < -0.3 is 15.2 Å². The van der Waals surface area contributed by atoms with Gasteiger partial charge in [-0.25, -0.2) is 0 Å². The van der Waals surface area contributed by atoms with E-state index in [1.54, 1.807) is 6.07 Å². The molecule has 0 aromatic heterocycles. The largest absolute Gasteiger partial charge is 0.494 e. The fraction of sp³-hybridized carbons (Fsp3) is 0.579.